The molecule has 0 aliphatic rings. The summed E-state index contributed by atoms with van der Waals surface area (Å²) in [6, 6.07) is 5.96. The van der Waals surface area contributed by atoms with Gasteiger partial charge in [-0.15, -0.1) is 0 Å². The van der Waals surface area contributed by atoms with Gasteiger partial charge in [-0.25, -0.2) is 4.79 Å². The van der Waals surface area contributed by atoms with Gasteiger partial charge in [0.25, 0.3) is 0 Å². The summed E-state index contributed by atoms with van der Waals surface area (Å²) in [7, 11) is -5.82. The average molecular weight is 294 g/mol. The van der Waals surface area contributed by atoms with E-state index in [4.69, 9.17) is 0 Å². The van der Waals surface area contributed by atoms with Gasteiger partial charge in [-0.3, -0.25) is 0 Å². The molecule has 0 aliphatic carbocycles. The lowest BCUT2D eigenvalue weighted by atomic mass is 10.2. The summed E-state index contributed by atoms with van der Waals surface area (Å²) in [6.45, 7) is 0. The van der Waals surface area contributed by atoms with Crippen molar-refractivity contribution in [3.05, 3.63) is 40.8 Å². The Morgan fingerprint density at radius 1 is 1.11 bits per heavy atom. The lowest BCUT2D eigenvalue weighted by molar-refractivity contribution is -0.0499. The van der Waals surface area contributed by atoms with Crippen LogP contribution in [0.15, 0.2) is 39.5 Å². The van der Waals surface area contributed by atoms with Crippen LogP contribution in [-0.4, -0.2) is 13.9 Å². The fourth-order valence-corrected chi connectivity index (χ4v) is 1.76. The zero-order chi connectivity index (χ0) is 14.3. The third-order valence-electron chi connectivity index (χ3n) is 2.09. The maximum atomic E-state index is 12.2. The van der Waals surface area contributed by atoms with Crippen LogP contribution in [0.3, 0.4) is 0 Å². The first-order valence-corrected chi connectivity index (χ1v) is 6.15. The lowest BCUT2D eigenvalue weighted by Gasteiger charge is -2.10. The van der Waals surface area contributed by atoms with E-state index in [2.05, 4.69) is 8.60 Å². The third kappa shape index (κ3) is 2.55. The molecule has 0 spiro atoms. The quantitative estimate of drug-likeness (QED) is 0.481. The van der Waals surface area contributed by atoms with Crippen LogP contribution in [0.5, 0.6) is 5.75 Å². The topological polar surface area (TPSA) is 73.6 Å². The second kappa shape index (κ2) is 4.26. The molecule has 102 valence electrons. The Bertz CT molecular complexity index is 776. The summed E-state index contributed by atoms with van der Waals surface area (Å²) >= 11 is 0. The average Bonchev–Trinajstić information content (AvgIpc) is 2.28. The molecule has 0 fully saturated rings. The van der Waals surface area contributed by atoms with E-state index in [1.165, 1.54) is 18.2 Å². The molecule has 0 atom stereocenters. The number of hydrogen-bond donors (Lipinski definition) is 0. The van der Waals surface area contributed by atoms with Crippen LogP contribution in [0, 0.1) is 0 Å². The number of fused-ring (bicyclic) bond motifs is 1. The Morgan fingerprint density at radius 2 is 1.79 bits per heavy atom. The van der Waals surface area contributed by atoms with Crippen molar-refractivity contribution in [1.82, 2.24) is 0 Å². The minimum absolute atomic E-state index is 0.231. The fraction of sp³-hybridized carbons (Fsp3) is 0.100. The molecule has 0 aliphatic heterocycles. The normalized spacial score (nSPS) is 12.6. The van der Waals surface area contributed by atoms with Crippen molar-refractivity contribution in [3.63, 3.8) is 0 Å². The van der Waals surface area contributed by atoms with Gasteiger partial charge >= 0.3 is 21.3 Å². The van der Waals surface area contributed by atoms with E-state index in [9.17, 15) is 26.4 Å². The van der Waals surface area contributed by atoms with Gasteiger partial charge in [-0.1, -0.05) is 12.1 Å². The maximum absolute atomic E-state index is 12.2. The summed E-state index contributed by atoms with van der Waals surface area (Å²) in [5.41, 5.74) is -6.78. The molecular weight excluding hydrogens is 289 g/mol. The molecular formula is C10H5F3O5S. The van der Waals surface area contributed by atoms with Gasteiger partial charge < -0.3 is 8.60 Å². The molecule has 0 unspecified atom stereocenters. The van der Waals surface area contributed by atoms with Gasteiger partial charge in [0.15, 0.2) is 11.3 Å². The molecule has 0 bridgehead atoms. The first kappa shape index (κ1) is 13.4. The lowest BCUT2D eigenvalue weighted by Crippen LogP contribution is -2.28. The second-order valence-electron chi connectivity index (χ2n) is 3.41. The van der Waals surface area contributed by atoms with Gasteiger partial charge in [0.2, 0.25) is 0 Å². The number of rotatable bonds is 2. The molecule has 1 heterocycles. The number of para-hydroxylation sites is 1. The van der Waals surface area contributed by atoms with Crippen LogP contribution >= 0.6 is 0 Å². The molecule has 19 heavy (non-hydrogen) atoms. The van der Waals surface area contributed by atoms with E-state index in [0.29, 0.717) is 0 Å². The van der Waals surface area contributed by atoms with Crippen molar-refractivity contribution in [2.75, 3.05) is 0 Å². The van der Waals surface area contributed by atoms with Gasteiger partial charge in [0.1, 0.15) is 0 Å². The van der Waals surface area contributed by atoms with Crippen molar-refractivity contribution in [2.45, 2.75) is 5.51 Å². The molecule has 2 aromatic rings. The van der Waals surface area contributed by atoms with E-state index in [1.54, 1.807) is 0 Å². The van der Waals surface area contributed by atoms with Crippen molar-refractivity contribution >= 4 is 21.1 Å². The van der Waals surface area contributed by atoms with E-state index in [0.717, 1.165) is 12.1 Å². The van der Waals surface area contributed by atoms with Crippen molar-refractivity contribution in [1.29, 1.82) is 0 Å². The van der Waals surface area contributed by atoms with E-state index < -0.39 is 27.0 Å². The van der Waals surface area contributed by atoms with E-state index in [-0.39, 0.29) is 11.0 Å². The van der Waals surface area contributed by atoms with Crippen molar-refractivity contribution in [2.24, 2.45) is 0 Å². The third-order valence-corrected chi connectivity index (χ3v) is 3.06. The highest BCUT2D eigenvalue weighted by Gasteiger charge is 2.48. The minimum atomic E-state index is -5.82. The summed E-state index contributed by atoms with van der Waals surface area (Å²) < 4.78 is 66.9. The molecule has 1 aromatic carbocycles. The molecule has 0 saturated heterocycles. The molecule has 0 radical (unpaired) electrons. The largest absolute Gasteiger partial charge is 0.534 e. The van der Waals surface area contributed by atoms with Crippen LogP contribution in [-0.2, 0) is 10.1 Å². The van der Waals surface area contributed by atoms with Gasteiger partial charge in [0, 0.05) is 11.5 Å². The standard InChI is InChI=1S/C10H5F3O5S/c11-10(12,13)19(15,16)18-7-3-1-2-6-4-5-8(14)17-9(6)7/h1-5H. The maximum Gasteiger partial charge on any atom is 0.534 e. The minimum Gasteiger partial charge on any atom is -0.419 e. The highest BCUT2D eigenvalue weighted by Crippen LogP contribution is 2.30. The fourth-order valence-electron chi connectivity index (χ4n) is 1.30. The van der Waals surface area contributed by atoms with Crippen LogP contribution < -0.4 is 9.81 Å². The summed E-state index contributed by atoms with van der Waals surface area (Å²) in [5, 5.41) is 0.231. The molecule has 0 saturated carbocycles. The van der Waals surface area contributed by atoms with E-state index >= 15 is 0 Å². The second-order valence-corrected chi connectivity index (χ2v) is 4.95. The molecule has 0 amide bonds. The van der Waals surface area contributed by atoms with E-state index in [1.807, 2.05) is 0 Å². The predicted octanol–water partition coefficient (Wildman–Crippen LogP) is 2.02. The molecule has 0 N–H and O–H groups in total. The Labute approximate surface area is 104 Å². The van der Waals surface area contributed by atoms with Crippen LogP contribution in [0.2, 0.25) is 0 Å². The smallest absolute Gasteiger partial charge is 0.419 e. The highest BCUT2D eigenvalue weighted by molar-refractivity contribution is 7.88. The zero-order valence-corrected chi connectivity index (χ0v) is 9.79. The number of halogens is 3. The number of alkyl halides is 3. The van der Waals surface area contributed by atoms with Crippen LogP contribution in [0.25, 0.3) is 11.0 Å². The Balaban J connectivity index is 2.59. The first-order chi connectivity index (χ1) is 8.71. The van der Waals surface area contributed by atoms with Crippen molar-refractivity contribution in [3.8, 4) is 5.75 Å². The summed E-state index contributed by atoms with van der Waals surface area (Å²) in [4.78, 5) is 11.0. The summed E-state index contributed by atoms with van der Waals surface area (Å²) in [5.74, 6) is -0.701. The van der Waals surface area contributed by atoms with Gasteiger partial charge in [0.05, 0.1) is 0 Å². The Kier molecular flexibility index (Phi) is 3.01. The van der Waals surface area contributed by atoms with Gasteiger partial charge in [-0.2, -0.15) is 21.6 Å². The number of benzene rings is 1. The first-order valence-electron chi connectivity index (χ1n) is 4.74. The molecule has 2 rings (SSSR count). The highest BCUT2D eigenvalue weighted by atomic mass is 32.2. The van der Waals surface area contributed by atoms with Crippen LogP contribution in [0.4, 0.5) is 13.2 Å². The van der Waals surface area contributed by atoms with Crippen molar-refractivity contribution < 1.29 is 30.2 Å². The Hall–Kier alpha value is -2.03. The zero-order valence-electron chi connectivity index (χ0n) is 8.97. The Morgan fingerprint density at radius 3 is 2.42 bits per heavy atom. The van der Waals surface area contributed by atoms with Crippen LogP contribution in [0.1, 0.15) is 0 Å². The predicted molar refractivity (Wildman–Crippen MR) is 58.1 cm³/mol. The molecule has 1 aromatic heterocycles. The molecule has 9 heteroatoms. The monoisotopic (exact) mass is 294 g/mol. The summed E-state index contributed by atoms with van der Waals surface area (Å²) in [6.07, 6.45) is 0. The molecule has 5 nitrogen and oxygen atoms in total. The van der Waals surface area contributed by atoms with Gasteiger partial charge in [-0.05, 0) is 12.1 Å². The SMILES string of the molecule is O=c1ccc2cccc(OS(=O)(=O)C(F)(F)F)c2o1. The number of hydrogen-bond acceptors (Lipinski definition) is 5.